The molecule has 1 nitrogen and oxygen atoms in total. The van der Waals surface area contributed by atoms with E-state index in [-0.39, 0.29) is 10.8 Å². The molecule has 0 aromatic heterocycles. The summed E-state index contributed by atoms with van der Waals surface area (Å²) in [5.74, 6) is 0. The van der Waals surface area contributed by atoms with Crippen molar-refractivity contribution in [3.8, 4) is 0 Å². The summed E-state index contributed by atoms with van der Waals surface area (Å²) >= 11 is 11.6. The van der Waals surface area contributed by atoms with Crippen LogP contribution in [0, 0.1) is 0 Å². The first-order chi connectivity index (χ1) is 4.61. The van der Waals surface area contributed by atoms with Crippen LogP contribution in [0.25, 0.3) is 0 Å². The highest BCUT2D eigenvalue weighted by Gasteiger charge is 2.28. The minimum atomic E-state index is -0.559. The third-order valence-electron chi connectivity index (χ3n) is 1.73. The zero-order valence-corrected chi connectivity index (χ0v) is 7.07. The molecule has 0 amide bonds. The van der Waals surface area contributed by atoms with Gasteiger partial charge in [0.15, 0.2) is 0 Å². The molecule has 0 heterocycles. The standard InChI is InChI=1S/C7H10Cl2O/c1-4-2-5(8)3-6(9)7(4)10/h5-7,10H,1-3H2. The normalized spacial score (nSPS) is 41.9. The minimum Gasteiger partial charge on any atom is -0.387 e. The topological polar surface area (TPSA) is 20.2 Å². The number of aliphatic hydroxyl groups excluding tert-OH is 1. The number of aliphatic hydroxyl groups is 1. The number of hydrogen-bond acceptors (Lipinski definition) is 1. The van der Waals surface area contributed by atoms with Crippen LogP contribution >= 0.6 is 23.2 Å². The fraction of sp³-hybridized carbons (Fsp3) is 0.714. The molecule has 0 spiro atoms. The summed E-state index contributed by atoms with van der Waals surface area (Å²) in [5, 5.41) is 9.08. The lowest BCUT2D eigenvalue weighted by atomic mass is 9.93. The SMILES string of the molecule is C=C1CC(Cl)CC(Cl)C1O. The monoisotopic (exact) mass is 180 g/mol. The Morgan fingerprint density at radius 2 is 2.10 bits per heavy atom. The quantitative estimate of drug-likeness (QED) is 0.447. The van der Waals surface area contributed by atoms with Gasteiger partial charge in [-0.25, -0.2) is 0 Å². The predicted molar refractivity (Wildman–Crippen MR) is 43.7 cm³/mol. The van der Waals surface area contributed by atoms with Crippen LogP contribution in [-0.4, -0.2) is 22.0 Å². The Morgan fingerprint density at radius 3 is 2.60 bits per heavy atom. The lowest BCUT2D eigenvalue weighted by molar-refractivity contribution is 0.184. The third-order valence-corrected chi connectivity index (χ3v) is 2.47. The Balaban J connectivity index is 2.57. The summed E-state index contributed by atoms with van der Waals surface area (Å²) in [5.41, 5.74) is 0.756. The third kappa shape index (κ3) is 1.66. The van der Waals surface area contributed by atoms with Crippen LogP contribution in [0.5, 0.6) is 0 Å². The van der Waals surface area contributed by atoms with Crippen molar-refractivity contribution in [1.82, 2.24) is 0 Å². The molecule has 0 aromatic carbocycles. The molecule has 1 fully saturated rings. The molecule has 1 saturated carbocycles. The molecule has 3 unspecified atom stereocenters. The number of hydrogen-bond donors (Lipinski definition) is 1. The van der Waals surface area contributed by atoms with Crippen LogP contribution in [0.3, 0.4) is 0 Å². The number of halogens is 2. The Morgan fingerprint density at radius 1 is 1.50 bits per heavy atom. The lowest BCUT2D eigenvalue weighted by Crippen LogP contribution is -2.31. The first-order valence-electron chi connectivity index (χ1n) is 3.25. The second-order valence-corrected chi connectivity index (χ2v) is 3.83. The second-order valence-electron chi connectivity index (χ2n) is 2.66. The Hall–Kier alpha value is 0.280. The van der Waals surface area contributed by atoms with Crippen LogP contribution < -0.4 is 0 Å². The van der Waals surface area contributed by atoms with Crippen LogP contribution in [0.1, 0.15) is 12.8 Å². The molecular formula is C7H10Cl2O. The summed E-state index contributed by atoms with van der Waals surface area (Å²) in [6, 6.07) is 0. The van der Waals surface area contributed by atoms with E-state index in [0.717, 1.165) is 5.57 Å². The van der Waals surface area contributed by atoms with Gasteiger partial charge in [0.25, 0.3) is 0 Å². The molecule has 0 aliphatic heterocycles. The second kappa shape index (κ2) is 3.12. The highest BCUT2D eigenvalue weighted by atomic mass is 35.5. The molecule has 1 N–H and O–H groups in total. The minimum absolute atomic E-state index is 0.0541. The van der Waals surface area contributed by atoms with Crippen LogP contribution in [0.4, 0.5) is 0 Å². The van der Waals surface area contributed by atoms with E-state index in [4.69, 9.17) is 23.2 Å². The van der Waals surface area contributed by atoms with Gasteiger partial charge >= 0.3 is 0 Å². The summed E-state index contributed by atoms with van der Waals surface area (Å²) in [7, 11) is 0. The van der Waals surface area contributed by atoms with Gasteiger partial charge in [-0.3, -0.25) is 0 Å². The Kier molecular flexibility index (Phi) is 2.61. The van der Waals surface area contributed by atoms with Crippen molar-refractivity contribution in [2.75, 3.05) is 0 Å². The van der Waals surface area contributed by atoms with Gasteiger partial charge in [-0.2, -0.15) is 0 Å². The first kappa shape index (κ1) is 8.38. The zero-order chi connectivity index (χ0) is 7.72. The molecule has 1 rings (SSSR count). The van der Waals surface area contributed by atoms with E-state index >= 15 is 0 Å². The van der Waals surface area contributed by atoms with Crippen molar-refractivity contribution < 1.29 is 5.11 Å². The van der Waals surface area contributed by atoms with Crippen molar-refractivity contribution in [1.29, 1.82) is 0 Å². The van der Waals surface area contributed by atoms with Gasteiger partial charge in [-0.05, 0) is 18.4 Å². The van der Waals surface area contributed by atoms with E-state index in [1.54, 1.807) is 0 Å². The average Bonchev–Trinajstić information content (AvgIpc) is 1.82. The maximum atomic E-state index is 9.27. The number of alkyl halides is 2. The Bertz CT molecular complexity index is 147. The molecule has 1 aliphatic rings. The molecule has 0 saturated heterocycles. The fourth-order valence-electron chi connectivity index (χ4n) is 1.12. The fourth-order valence-corrected chi connectivity index (χ4v) is 1.99. The number of rotatable bonds is 0. The smallest absolute Gasteiger partial charge is 0.0912 e. The summed E-state index contributed by atoms with van der Waals surface area (Å²) < 4.78 is 0. The van der Waals surface area contributed by atoms with E-state index in [9.17, 15) is 5.11 Å². The Labute approximate surface area is 70.6 Å². The van der Waals surface area contributed by atoms with Gasteiger partial charge in [0, 0.05) is 5.38 Å². The molecule has 3 heteroatoms. The highest BCUT2D eigenvalue weighted by molar-refractivity contribution is 6.24. The molecule has 1 aliphatic carbocycles. The van der Waals surface area contributed by atoms with Gasteiger partial charge < -0.3 is 5.11 Å². The van der Waals surface area contributed by atoms with Crippen LogP contribution in [-0.2, 0) is 0 Å². The lowest BCUT2D eigenvalue weighted by Gasteiger charge is -2.27. The largest absolute Gasteiger partial charge is 0.387 e. The van der Waals surface area contributed by atoms with Crippen LogP contribution in [0.15, 0.2) is 12.2 Å². The van der Waals surface area contributed by atoms with Gasteiger partial charge in [-0.1, -0.05) is 6.58 Å². The summed E-state index contributed by atoms with van der Waals surface area (Å²) in [6.45, 7) is 3.68. The molecule has 58 valence electrons. The average molecular weight is 181 g/mol. The van der Waals surface area contributed by atoms with Gasteiger partial charge in [-0.15, -0.1) is 23.2 Å². The highest BCUT2D eigenvalue weighted by Crippen LogP contribution is 2.29. The maximum Gasteiger partial charge on any atom is 0.0912 e. The van der Waals surface area contributed by atoms with Gasteiger partial charge in [0.1, 0.15) is 0 Å². The van der Waals surface area contributed by atoms with Crippen LogP contribution in [0.2, 0.25) is 0 Å². The summed E-state index contributed by atoms with van der Waals surface area (Å²) in [6.07, 6.45) is 0.798. The maximum absolute atomic E-state index is 9.27. The van der Waals surface area contributed by atoms with Crippen molar-refractivity contribution in [3.05, 3.63) is 12.2 Å². The van der Waals surface area contributed by atoms with E-state index in [2.05, 4.69) is 6.58 Å². The van der Waals surface area contributed by atoms with E-state index < -0.39 is 6.10 Å². The van der Waals surface area contributed by atoms with Gasteiger partial charge in [0.2, 0.25) is 0 Å². The molecule has 0 radical (unpaired) electrons. The van der Waals surface area contributed by atoms with Crippen molar-refractivity contribution in [2.45, 2.75) is 29.7 Å². The van der Waals surface area contributed by atoms with E-state index in [0.29, 0.717) is 12.8 Å². The molecule has 3 atom stereocenters. The predicted octanol–water partition coefficient (Wildman–Crippen LogP) is 1.91. The van der Waals surface area contributed by atoms with E-state index in [1.807, 2.05) is 0 Å². The molecule has 0 aromatic rings. The van der Waals surface area contributed by atoms with Crippen molar-refractivity contribution >= 4 is 23.2 Å². The zero-order valence-electron chi connectivity index (χ0n) is 5.56. The summed E-state index contributed by atoms with van der Waals surface area (Å²) in [4.78, 5) is 0. The van der Waals surface area contributed by atoms with E-state index in [1.165, 1.54) is 0 Å². The molecular weight excluding hydrogens is 171 g/mol. The van der Waals surface area contributed by atoms with Gasteiger partial charge in [0.05, 0.1) is 11.5 Å². The first-order valence-corrected chi connectivity index (χ1v) is 4.12. The molecule has 0 bridgehead atoms. The molecule has 10 heavy (non-hydrogen) atoms. The van der Waals surface area contributed by atoms with Crippen molar-refractivity contribution in [2.24, 2.45) is 0 Å². The van der Waals surface area contributed by atoms with Crippen molar-refractivity contribution in [3.63, 3.8) is 0 Å².